The van der Waals surface area contributed by atoms with E-state index >= 15 is 0 Å². The third kappa shape index (κ3) is 3.36. The van der Waals surface area contributed by atoms with Gasteiger partial charge in [0.25, 0.3) is 0 Å². The van der Waals surface area contributed by atoms with Gasteiger partial charge >= 0.3 is 0 Å². The van der Waals surface area contributed by atoms with Crippen molar-refractivity contribution in [1.82, 2.24) is 4.90 Å². The van der Waals surface area contributed by atoms with Crippen LogP contribution in [0.4, 0.5) is 0 Å². The van der Waals surface area contributed by atoms with E-state index in [1.807, 2.05) is 30.3 Å². The first-order valence-corrected chi connectivity index (χ1v) is 6.99. The number of carbonyl (C=O) groups excluding carboxylic acids is 2. The first-order valence-electron chi connectivity index (χ1n) is 6.99. The van der Waals surface area contributed by atoms with Gasteiger partial charge in [-0.2, -0.15) is 0 Å². The number of hydrogen-bond donors (Lipinski definition) is 2. The Labute approximate surface area is 118 Å². The molecule has 0 aliphatic carbocycles. The fourth-order valence-corrected chi connectivity index (χ4v) is 2.63. The third-order valence-electron chi connectivity index (χ3n) is 3.77. The van der Waals surface area contributed by atoms with E-state index in [9.17, 15) is 9.59 Å². The summed E-state index contributed by atoms with van der Waals surface area (Å²) in [6.45, 7) is 0.575. The van der Waals surface area contributed by atoms with Crippen molar-refractivity contribution in [2.45, 2.75) is 37.8 Å². The van der Waals surface area contributed by atoms with Crippen LogP contribution in [-0.2, 0) is 16.0 Å². The SMILES string of the molecule is NC(=O)C1CCCN1C(=O)[C@@H](N)CCc1ccccc1. The average Bonchev–Trinajstić information content (AvgIpc) is 2.94. The van der Waals surface area contributed by atoms with Crippen molar-refractivity contribution < 1.29 is 9.59 Å². The van der Waals surface area contributed by atoms with E-state index in [4.69, 9.17) is 11.5 Å². The van der Waals surface area contributed by atoms with Crippen LogP contribution in [0.1, 0.15) is 24.8 Å². The van der Waals surface area contributed by atoms with Crippen molar-refractivity contribution in [3.05, 3.63) is 35.9 Å². The van der Waals surface area contributed by atoms with E-state index in [2.05, 4.69) is 0 Å². The summed E-state index contributed by atoms with van der Waals surface area (Å²) >= 11 is 0. The molecule has 4 N–H and O–H groups in total. The fourth-order valence-electron chi connectivity index (χ4n) is 2.63. The fraction of sp³-hybridized carbons (Fsp3) is 0.467. The summed E-state index contributed by atoms with van der Waals surface area (Å²) in [4.78, 5) is 25.1. The van der Waals surface area contributed by atoms with Crippen LogP contribution in [0.2, 0.25) is 0 Å². The highest BCUT2D eigenvalue weighted by atomic mass is 16.2. The molecule has 108 valence electrons. The topological polar surface area (TPSA) is 89.4 Å². The summed E-state index contributed by atoms with van der Waals surface area (Å²) in [6, 6.07) is 8.85. The highest BCUT2D eigenvalue weighted by Crippen LogP contribution is 2.18. The number of carbonyl (C=O) groups is 2. The number of nitrogens with two attached hydrogens (primary N) is 2. The lowest BCUT2D eigenvalue weighted by Gasteiger charge is -2.25. The zero-order valence-corrected chi connectivity index (χ0v) is 11.5. The maximum atomic E-state index is 12.3. The normalized spacial score (nSPS) is 19.9. The molecule has 20 heavy (non-hydrogen) atoms. The van der Waals surface area contributed by atoms with Crippen LogP contribution in [0.25, 0.3) is 0 Å². The van der Waals surface area contributed by atoms with Gasteiger partial charge in [-0.05, 0) is 31.2 Å². The van der Waals surface area contributed by atoms with Gasteiger partial charge in [-0.1, -0.05) is 30.3 Å². The lowest BCUT2D eigenvalue weighted by atomic mass is 10.0. The molecule has 5 heteroatoms. The monoisotopic (exact) mass is 275 g/mol. The summed E-state index contributed by atoms with van der Waals surface area (Å²) < 4.78 is 0. The third-order valence-corrected chi connectivity index (χ3v) is 3.77. The molecule has 0 radical (unpaired) electrons. The van der Waals surface area contributed by atoms with Gasteiger partial charge < -0.3 is 16.4 Å². The zero-order valence-electron chi connectivity index (χ0n) is 11.5. The van der Waals surface area contributed by atoms with E-state index < -0.39 is 18.0 Å². The van der Waals surface area contributed by atoms with Crippen molar-refractivity contribution in [3.63, 3.8) is 0 Å². The van der Waals surface area contributed by atoms with Crippen LogP contribution in [0.3, 0.4) is 0 Å². The molecule has 0 bridgehead atoms. The summed E-state index contributed by atoms with van der Waals surface area (Å²) in [5.74, 6) is -0.603. The van der Waals surface area contributed by atoms with E-state index in [1.165, 1.54) is 4.90 Å². The lowest BCUT2D eigenvalue weighted by Crippen LogP contribution is -2.50. The van der Waals surface area contributed by atoms with E-state index in [0.29, 0.717) is 19.4 Å². The number of hydrogen-bond acceptors (Lipinski definition) is 3. The molecule has 1 aliphatic heterocycles. The summed E-state index contributed by atoms with van der Waals surface area (Å²) in [5.41, 5.74) is 12.4. The number of benzene rings is 1. The number of nitrogens with zero attached hydrogens (tertiary/aromatic N) is 1. The quantitative estimate of drug-likeness (QED) is 0.816. The van der Waals surface area contributed by atoms with Gasteiger partial charge in [0.1, 0.15) is 6.04 Å². The number of aryl methyl sites for hydroxylation is 1. The molecule has 1 heterocycles. The van der Waals surface area contributed by atoms with Crippen LogP contribution in [0, 0.1) is 0 Å². The summed E-state index contributed by atoms with van der Waals surface area (Å²) in [5, 5.41) is 0. The van der Waals surface area contributed by atoms with E-state index in [-0.39, 0.29) is 5.91 Å². The highest BCUT2D eigenvalue weighted by Gasteiger charge is 2.34. The molecule has 5 nitrogen and oxygen atoms in total. The maximum absolute atomic E-state index is 12.3. The predicted molar refractivity (Wildman–Crippen MR) is 76.7 cm³/mol. The smallest absolute Gasteiger partial charge is 0.240 e. The minimum atomic E-state index is -0.574. The van der Waals surface area contributed by atoms with Crippen LogP contribution in [-0.4, -0.2) is 35.3 Å². The Kier molecular flexibility index (Phi) is 4.74. The Bertz CT molecular complexity index is 475. The summed E-state index contributed by atoms with van der Waals surface area (Å²) in [6.07, 6.45) is 2.78. The van der Waals surface area contributed by atoms with Crippen LogP contribution in [0.5, 0.6) is 0 Å². The number of rotatable bonds is 5. The molecular formula is C15H21N3O2. The minimum absolute atomic E-state index is 0.165. The molecule has 1 fully saturated rings. The Morgan fingerprint density at radius 1 is 1.30 bits per heavy atom. The summed E-state index contributed by atoms with van der Waals surface area (Å²) in [7, 11) is 0. The van der Waals surface area contributed by atoms with E-state index in [0.717, 1.165) is 18.4 Å². The Hall–Kier alpha value is -1.88. The Balaban J connectivity index is 1.90. The molecular weight excluding hydrogens is 254 g/mol. The first-order chi connectivity index (χ1) is 9.59. The average molecular weight is 275 g/mol. The van der Waals surface area contributed by atoms with Crippen molar-refractivity contribution >= 4 is 11.8 Å². The standard InChI is InChI=1S/C15H21N3O2/c16-12(9-8-11-5-2-1-3-6-11)15(20)18-10-4-7-13(18)14(17)19/h1-3,5-6,12-13H,4,7-10,16H2,(H2,17,19)/t12-,13?/m0/s1. The van der Waals surface area contributed by atoms with Gasteiger partial charge in [0, 0.05) is 6.54 Å². The minimum Gasteiger partial charge on any atom is -0.368 e. The lowest BCUT2D eigenvalue weighted by molar-refractivity contribution is -0.138. The molecule has 0 aromatic heterocycles. The van der Waals surface area contributed by atoms with Gasteiger partial charge in [-0.15, -0.1) is 0 Å². The van der Waals surface area contributed by atoms with Crippen molar-refractivity contribution in [3.8, 4) is 0 Å². The first kappa shape index (κ1) is 14.5. The molecule has 1 saturated heterocycles. The zero-order chi connectivity index (χ0) is 14.5. The van der Waals surface area contributed by atoms with Gasteiger partial charge in [0.15, 0.2) is 0 Å². The van der Waals surface area contributed by atoms with Crippen molar-refractivity contribution in [2.24, 2.45) is 11.5 Å². The Morgan fingerprint density at radius 3 is 2.65 bits per heavy atom. The largest absolute Gasteiger partial charge is 0.368 e. The second-order valence-corrected chi connectivity index (χ2v) is 5.22. The van der Waals surface area contributed by atoms with Crippen molar-refractivity contribution in [2.75, 3.05) is 6.54 Å². The van der Waals surface area contributed by atoms with Gasteiger partial charge in [0.05, 0.1) is 6.04 Å². The molecule has 0 saturated carbocycles. The molecule has 2 rings (SSSR count). The van der Waals surface area contributed by atoms with Crippen molar-refractivity contribution in [1.29, 1.82) is 0 Å². The van der Waals surface area contributed by atoms with Crippen LogP contribution in [0.15, 0.2) is 30.3 Å². The molecule has 1 aromatic carbocycles. The van der Waals surface area contributed by atoms with Gasteiger partial charge in [-0.3, -0.25) is 9.59 Å². The van der Waals surface area contributed by atoms with Crippen LogP contribution >= 0.6 is 0 Å². The number of likely N-dealkylation sites (tertiary alicyclic amines) is 1. The second kappa shape index (κ2) is 6.52. The number of amides is 2. The molecule has 2 atom stereocenters. The maximum Gasteiger partial charge on any atom is 0.240 e. The molecule has 2 amide bonds. The van der Waals surface area contributed by atoms with Crippen LogP contribution < -0.4 is 11.5 Å². The molecule has 0 spiro atoms. The molecule has 1 aromatic rings. The van der Waals surface area contributed by atoms with E-state index in [1.54, 1.807) is 0 Å². The predicted octanol–water partition coefficient (Wildman–Crippen LogP) is 0.423. The van der Waals surface area contributed by atoms with Gasteiger partial charge in [0.2, 0.25) is 11.8 Å². The highest BCUT2D eigenvalue weighted by molar-refractivity contribution is 5.89. The van der Waals surface area contributed by atoms with Gasteiger partial charge in [-0.25, -0.2) is 0 Å². The molecule has 1 aliphatic rings. The Morgan fingerprint density at radius 2 is 2.00 bits per heavy atom. The number of primary amides is 1. The second-order valence-electron chi connectivity index (χ2n) is 5.22. The molecule has 1 unspecified atom stereocenters.